The molecule has 1 aromatic carbocycles. The Bertz CT molecular complexity index is 846. The molecule has 2 aromatic rings. The summed E-state index contributed by atoms with van der Waals surface area (Å²) in [6.07, 6.45) is 4.16. The number of halogens is 2. The summed E-state index contributed by atoms with van der Waals surface area (Å²) >= 11 is 0.511. The van der Waals surface area contributed by atoms with Gasteiger partial charge in [-0.25, -0.2) is 0 Å². The number of rotatable bonds is 8. The molecule has 27 heavy (non-hydrogen) atoms. The average molecular weight is 394 g/mol. The smallest absolute Gasteiger partial charge is 0.312 e. The van der Waals surface area contributed by atoms with Gasteiger partial charge in [-0.1, -0.05) is 17.8 Å². The summed E-state index contributed by atoms with van der Waals surface area (Å²) in [6.45, 7) is 6.51. The zero-order chi connectivity index (χ0) is 19.4. The van der Waals surface area contributed by atoms with Crippen molar-refractivity contribution in [3.05, 3.63) is 41.6 Å². The van der Waals surface area contributed by atoms with E-state index in [2.05, 4.69) is 15.7 Å². The molecule has 146 valence electrons. The molecule has 1 fully saturated rings. The van der Waals surface area contributed by atoms with Gasteiger partial charge in [0.2, 0.25) is 0 Å². The van der Waals surface area contributed by atoms with Crippen molar-refractivity contribution in [2.24, 2.45) is 5.92 Å². The van der Waals surface area contributed by atoms with Crippen LogP contribution in [0.25, 0.3) is 10.9 Å². The van der Waals surface area contributed by atoms with Gasteiger partial charge < -0.3 is 10.6 Å². The van der Waals surface area contributed by atoms with Crippen LogP contribution < -0.4 is 10.6 Å². The Balaban J connectivity index is 1.61. The van der Waals surface area contributed by atoms with Gasteiger partial charge in [0, 0.05) is 55.0 Å². The summed E-state index contributed by atoms with van der Waals surface area (Å²) in [5, 5.41) is 8.59. The first kappa shape index (κ1) is 19.8. The van der Waals surface area contributed by atoms with Crippen LogP contribution >= 0.6 is 11.8 Å². The molecule has 0 atom stereocenters. The van der Waals surface area contributed by atoms with Crippen molar-refractivity contribution in [1.82, 2.24) is 20.4 Å². The molecule has 1 saturated heterocycles. The molecule has 5 nitrogen and oxygen atoms in total. The van der Waals surface area contributed by atoms with Gasteiger partial charge in [0.1, 0.15) is 0 Å². The first-order valence-electron chi connectivity index (χ1n) is 9.01. The molecule has 1 aliphatic heterocycles. The Hall–Kier alpha value is -1.93. The maximum absolute atomic E-state index is 13.4. The van der Waals surface area contributed by atoms with Gasteiger partial charge in [0.05, 0.1) is 5.52 Å². The van der Waals surface area contributed by atoms with E-state index in [0.717, 1.165) is 42.2 Å². The van der Waals surface area contributed by atoms with Gasteiger partial charge in [0.15, 0.2) is 0 Å². The van der Waals surface area contributed by atoms with Crippen LogP contribution in [0.1, 0.15) is 22.8 Å². The van der Waals surface area contributed by atoms with Crippen molar-refractivity contribution in [2.45, 2.75) is 25.6 Å². The molecule has 8 heteroatoms. The second-order valence-electron chi connectivity index (χ2n) is 6.71. The largest absolute Gasteiger partial charge is 0.351 e. The summed E-state index contributed by atoms with van der Waals surface area (Å²) in [4.78, 5) is 12.4. The van der Waals surface area contributed by atoms with Crippen molar-refractivity contribution < 1.29 is 13.6 Å². The highest BCUT2D eigenvalue weighted by Gasteiger charge is 2.24. The van der Waals surface area contributed by atoms with Crippen LogP contribution in [-0.4, -0.2) is 46.3 Å². The number of carbonyl (C=O) groups excluding carboxylic acids is 1. The fourth-order valence-corrected chi connectivity index (χ4v) is 3.76. The third-order valence-corrected chi connectivity index (χ3v) is 5.53. The number of benzene rings is 1. The monoisotopic (exact) mass is 394 g/mol. The minimum Gasteiger partial charge on any atom is -0.351 e. The topological polar surface area (TPSA) is 59.0 Å². The van der Waals surface area contributed by atoms with Gasteiger partial charge in [0.25, 0.3) is 5.91 Å². The van der Waals surface area contributed by atoms with Crippen LogP contribution in [0.3, 0.4) is 0 Å². The van der Waals surface area contributed by atoms with E-state index in [0.29, 0.717) is 23.2 Å². The molecule has 2 heterocycles. The highest BCUT2D eigenvalue weighted by Crippen LogP contribution is 2.30. The lowest BCUT2D eigenvalue weighted by molar-refractivity contribution is 0.0955. The summed E-state index contributed by atoms with van der Waals surface area (Å²) in [7, 11) is 0. The van der Waals surface area contributed by atoms with E-state index in [-0.39, 0.29) is 18.2 Å². The Kier molecular flexibility index (Phi) is 6.16. The Morgan fingerprint density at radius 3 is 2.93 bits per heavy atom. The zero-order valence-electron chi connectivity index (χ0n) is 15.5. The number of allylic oxidation sites excluding steroid dienone is 1. The normalized spacial score (nSPS) is 15.4. The van der Waals surface area contributed by atoms with Crippen molar-refractivity contribution in [1.29, 1.82) is 0 Å². The first-order valence-corrected chi connectivity index (χ1v) is 9.99. The number of hydrogen-bond donors (Lipinski definition) is 2. The number of nitrogens with one attached hydrogen (secondary N) is 2. The van der Waals surface area contributed by atoms with Crippen molar-refractivity contribution >= 4 is 28.6 Å². The molecule has 0 saturated carbocycles. The highest BCUT2D eigenvalue weighted by atomic mass is 32.2. The quantitative estimate of drug-likeness (QED) is 0.533. The van der Waals surface area contributed by atoms with E-state index in [4.69, 9.17) is 0 Å². The second-order valence-corrected chi connectivity index (χ2v) is 7.95. The molecule has 1 aliphatic rings. The second kappa shape index (κ2) is 8.39. The van der Waals surface area contributed by atoms with Gasteiger partial charge in [-0.2, -0.15) is 13.9 Å². The lowest BCUT2D eigenvalue weighted by atomic mass is 10.0. The maximum Gasteiger partial charge on any atom is 0.312 e. The Morgan fingerprint density at radius 2 is 2.26 bits per heavy atom. The number of carbonyl (C=O) groups is 1. The van der Waals surface area contributed by atoms with E-state index in [9.17, 15) is 13.6 Å². The van der Waals surface area contributed by atoms with Crippen LogP contribution in [0, 0.1) is 12.8 Å². The van der Waals surface area contributed by atoms with Crippen LogP contribution in [0.4, 0.5) is 8.78 Å². The van der Waals surface area contributed by atoms with Crippen molar-refractivity contribution in [2.75, 3.05) is 25.4 Å². The van der Waals surface area contributed by atoms with Gasteiger partial charge in [-0.05, 0) is 37.6 Å². The summed E-state index contributed by atoms with van der Waals surface area (Å²) in [5.41, 5.74) is 2.27. The van der Waals surface area contributed by atoms with Gasteiger partial charge >= 0.3 is 5.25 Å². The molecule has 0 spiro atoms. The average Bonchev–Trinajstić information content (AvgIpc) is 2.99. The maximum atomic E-state index is 13.4. The number of fused-ring (bicyclic) bond motifs is 1. The molecular weight excluding hydrogens is 370 g/mol. The lowest BCUT2D eigenvalue weighted by Gasteiger charge is -2.26. The molecule has 0 bridgehead atoms. The number of hydrogen-bond acceptors (Lipinski definition) is 4. The summed E-state index contributed by atoms with van der Waals surface area (Å²) in [5.74, 6) is 0.485. The fourth-order valence-electron chi connectivity index (χ4n) is 3.05. The van der Waals surface area contributed by atoms with Crippen molar-refractivity contribution in [3.8, 4) is 0 Å². The summed E-state index contributed by atoms with van der Waals surface area (Å²) < 4.78 is 28.7. The fraction of sp³-hybridized carbons (Fsp3) is 0.474. The highest BCUT2D eigenvalue weighted by molar-refractivity contribution is 8.00. The minimum atomic E-state index is -2.90. The van der Waals surface area contributed by atoms with Crippen molar-refractivity contribution in [3.63, 3.8) is 0 Å². The van der Waals surface area contributed by atoms with Crippen LogP contribution in [0.2, 0.25) is 0 Å². The number of aromatic nitrogens is 2. The number of alkyl halides is 2. The van der Waals surface area contributed by atoms with E-state index in [1.165, 1.54) is 6.08 Å². The summed E-state index contributed by atoms with van der Waals surface area (Å²) in [6, 6.07) is 3.58. The molecule has 0 radical (unpaired) electrons. The molecular formula is C19H24F2N4OS. The van der Waals surface area contributed by atoms with Gasteiger partial charge in [-0.15, -0.1) is 0 Å². The molecule has 1 amide bonds. The van der Waals surface area contributed by atoms with E-state index >= 15 is 0 Å². The molecule has 0 aliphatic carbocycles. The van der Waals surface area contributed by atoms with Crippen LogP contribution in [0.5, 0.6) is 0 Å². The number of thioether (sulfide) groups is 1. The Morgan fingerprint density at radius 1 is 1.48 bits per heavy atom. The van der Waals surface area contributed by atoms with E-state index < -0.39 is 5.25 Å². The minimum absolute atomic E-state index is 0.137. The zero-order valence-corrected chi connectivity index (χ0v) is 16.3. The number of amides is 1. The standard InChI is InChI=1S/C19H24F2N4OS/c1-3-6-19(20,21)27-8-7-23-18(26)15-4-5-17-16(13(15)2)12-25(24-17)11-14-9-22-10-14/h3-6,12,14,22H,7-11H2,1-2H3,(H,23,26)/b6-3+. The molecule has 3 rings (SSSR count). The van der Waals surface area contributed by atoms with Gasteiger partial charge in [-0.3, -0.25) is 9.48 Å². The van der Waals surface area contributed by atoms with Crippen LogP contribution in [0.15, 0.2) is 30.5 Å². The lowest BCUT2D eigenvalue weighted by Crippen LogP contribution is -2.44. The number of nitrogens with zero attached hydrogens (tertiary/aromatic N) is 2. The first-order chi connectivity index (χ1) is 12.9. The predicted octanol–water partition coefficient (Wildman–Crippen LogP) is 3.20. The third kappa shape index (κ3) is 4.87. The van der Waals surface area contributed by atoms with E-state index in [1.54, 1.807) is 13.0 Å². The third-order valence-electron chi connectivity index (χ3n) is 4.60. The molecule has 0 unspecified atom stereocenters. The number of aryl methyl sites for hydroxylation is 1. The predicted molar refractivity (Wildman–Crippen MR) is 105 cm³/mol. The Labute approximate surface area is 161 Å². The molecule has 1 aromatic heterocycles. The molecule has 2 N–H and O–H groups in total. The van der Waals surface area contributed by atoms with Crippen LogP contribution in [-0.2, 0) is 6.54 Å². The SMILES string of the molecule is C/C=C/C(F)(F)SCCNC(=O)c1ccc2nn(CC3CNC3)cc2c1C. The van der Waals surface area contributed by atoms with E-state index in [1.807, 2.05) is 23.9 Å².